The van der Waals surface area contributed by atoms with Crippen LogP contribution < -0.4 is 22.1 Å². The van der Waals surface area contributed by atoms with Gasteiger partial charge in [0, 0.05) is 5.56 Å². The highest BCUT2D eigenvalue weighted by molar-refractivity contribution is 5.98. The highest BCUT2D eigenvalue weighted by Crippen LogP contribution is 2.42. The van der Waals surface area contributed by atoms with Gasteiger partial charge >= 0.3 is 0 Å². The quantitative estimate of drug-likeness (QED) is 0.458. The average Bonchev–Trinajstić information content (AvgIpc) is 2.54. The molecule has 0 saturated carbocycles. The summed E-state index contributed by atoms with van der Waals surface area (Å²) in [5.41, 5.74) is 16.0. The van der Waals surface area contributed by atoms with E-state index in [-0.39, 0.29) is 23.0 Å². The van der Waals surface area contributed by atoms with Gasteiger partial charge in [0.2, 0.25) is 5.96 Å². The molecule has 2 aromatic rings. The lowest BCUT2D eigenvalue weighted by Gasteiger charge is -2.28. The number of pyridine rings is 1. The summed E-state index contributed by atoms with van der Waals surface area (Å²) in [6, 6.07) is 7.40. The lowest BCUT2D eigenvalue weighted by molar-refractivity contribution is 0.830. The van der Waals surface area contributed by atoms with Gasteiger partial charge in [-0.25, -0.2) is 9.98 Å². The zero-order chi connectivity index (χ0) is 18.1. The number of nitrogens with two attached hydrogens (primary N) is 2. The van der Waals surface area contributed by atoms with Crippen molar-refractivity contribution in [3.63, 3.8) is 0 Å². The van der Waals surface area contributed by atoms with Gasteiger partial charge in [-0.15, -0.1) is 0 Å². The Hall–Kier alpha value is -3.78. The Kier molecular flexibility index (Phi) is 3.88. The molecule has 0 fully saturated rings. The molecule has 25 heavy (non-hydrogen) atoms. The van der Waals surface area contributed by atoms with Gasteiger partial charge in [0.15, 0.2) is 6.19 Å². The van der Waals surface area contributed by atoms with Gasteiger partial charge < -0.3 is 16.8 Å². The van der Waals surface area contributed by atoms with E-state index in [4.69, 9.17) is 16.7 Å². The minimum Gasteiger partial charge on any atom is -0.397 e. The number of aliphatic imine (C=N–C) groups is 1. The molecule has 1 aliphatic heterocycles. The Morgan fingerprint density at radius 3 is 2.44 bits per heavy atom. The molecule has 1 aromatic heterocycles. The molecule has 8 nitrogen and oxygen atoms in total. The Morgan fingerprint density at radius 2 is 1.84 bits per heavy atom. The zero-order valence-electron chi connectivity index (χ0n) is 13.8. The van der Waals surface area contributed by atoms with Crippen LogP contribution in [0.3, 0.4) is 0 Å². The van der Waals surface area contributed by atoms with Crippen LogP contribution in [-0.2, 0) is 0 Å². The normalized spacial score (nSPS) is 15.2. The van der Waals surface area contributed by atoms with Gasteiger partial charge in [0.05, 0.1) is 5.69 Å². The van der Waals surface area contributed by atoms with Crippen LogP contribution in [0.2, 0.25) is 0 Å². The first-order chi connectivity index (χ1) is 12.0. The van der Waals surface area contributed by atoms with Crippen molar-refractivity contribution < 1.29 is 0 Å². The molecule has 1 atom stereocenters. The van der Waals surface area contributed by atoms with Crippen LogP contribution in [0.15, 0.2) is 23.2 Å². The lowest BCUT2D eigenvalue weighted by Crippen LogP contribution is -2.33. The number of nitriles is 2. The van der Waals surface area contributed by atoms with Crippen molar-refractivity contribution in [3.8, 4) is 12.3 Å². The van der Waals surface area contributed by atoms with Crippen molar-refractivity contribution >= 4 is 23.3 Å². The molecular weight excluding hydrogens is 316 g/mol. The maximum Gasteiger partial charge on any atom is 0.211 e. The summed E-state index contributed by atoms with van der Waals surface area (Å²) in [6.07, 6.45) is 1.84. The number of anilines is 3. The second-order valence-corrected chi connectivity index (χ2v) is 5.71. The van der Waals surface area contributed by atoms with Crippen LogP contribution >= 0.6 is 0 Å². The summed E-state index contributed by atoms with van der Waals surface area (Å²) in [6.45, 7) is 3.95. The smallest absolute Gasteiger partial charge is 0.211 e. The SMILES string of the molecule is Cc1cccc(C)c1C1N=C(NC#N)Nc2nc(N)c(C#N)c(N)c21. The number of hydrogen-bond donors (Lipinski definition) is 4. The maximum absolute atomic E-state index is 9.34. The average molecular weight is 332 g/mol. The standard InChI is InChI=1S/C17H16N8/c1-8-4-3-5-9(2)11(8)14-12-13(20)10(6-18)15(21)24-16(12)25-17(23-14)22-7-19/h3-5,14H,1-2H3,(H6,20,21,22,23,24,25). The molecule has 0 bridgehead atoms. The van der Waals surface area contributed by atoms with E-state index in [1.807, 2.05) is 44.3 Å². The number of benzene rings is 1. The van der Waals surface area contributed by atoms with Crippen molar-refractivity contribution in [1.82, 2.24) is 10.3 Å². The van der Waals surface area contributed by atoms with Crippen molar-refractivity contribution in [2.24, 2.45) is 4.99 Å². The third-order valence-corrected chi connectivity index (χ3v) is 4.17. The van der Waals surface area contributed by atoms with Crippen LogP contribution in [0.25, 0.3) is 0 Å². The first-order valence-corrected chi connectivity index (χ1v) is 7.52. The molecule has 8 heteroatoms. The Balaban J connectivity index is 2.32. The van der Waals surface area contributed by atoms with Crippen molar-refractivity contribution in [2.45, 2.75) is 19.9 Å². The molecule has 1 unspecified atom stereocenters. The molecule has 6 N–H and O–H groups in total. The molecule has 0 aliphatic carbocycles. The molecule has 3 rings (SSSR count). The van der Waals surface area contributed by atoms with E-state index in [1.165, 1.54) is 0 Å². The van der Waals surface area contributed by atoms with Gasteiger partial charge in [-0.1, -0.05) is 18.2 Å². The summed E-state index contributed by atoms with van der Waals surface area (Å²) in [4.78, 5) is 8.82. The van der Waals surface area contributed by atoms with Gasteiger partial charge in [0.25, 0.3) is 0 Å². The summed E-state index contributed by atoms with van der Waals surface area (Å²) in [5.74, 6) is 0.665. The molecule has 2 heterocycles. The predicted molar refractivity (Wildman–Crippen MR) is 95.3 cm³/mol. The number of aryl methyl sites for hydroxylation is 2. The zero-order valence-corrected chi connectivity index (χ0v) is 13.8. The van der Waals surface area contributed by atoms with Crippen LogP contribution in [0, 0.1) is 36.6 Å². The topological polar surface area (TPSA) is 149 Å². The highest BCUT2D eigenvalue weighted by Gasteiger charge is 2.31. The molecule has 0 radical (unpaired) electrons. The minimum absolute atomic E-state index is 0.0321. The van der Waals surface area contributed by atoms with Gasteiger partial charge in [-0.3, -0.25) is 5.32 Å². The summed E-state index contributed by atoms with van der Waals surface area (Å²) >= 11 is 0. The van der Waals surface area contributed by atoms with E-state index in [2.05, 4.69) is 20.6 Å². The Labute approximate surface area is 144 Å². The summed E-state index contributed by atoms with van der Waals surface area (Å²) in [7, 11) is 0. The number of rotatable bonds is 1. The molecule has 0 saturated heterocycles. The number of nitrogens with zero attached hydrogens (tertiary/aromatic N) is 4. The highest BCUT2D eigenvalue weighted by atomic mass is 15.2. The van der Waals surface area contributed by atoms with Crippen LogP contribution in [0.5, 0.6) is 0 Å². The van der Waals surface area contributed by atoms with Crippen LogP contribution in [0.1, 0.15) is 33.9 Å². The van der Waals surface area contributed by atoms with E-state index < -0.39 is 6.04 Å². The van der Waals surface area contributed by atoms with E-state index in [1.54, 1.807) is 0 Å². The number of aromatic nitrogens is 1. The van der Waals surface area contributed by atoms with E-state index in [0.717, 1.165) is 16.7 Å². The number of hydrogen-bond acceptors (Lipinski definition) is 8. The monoisotopic (exact) mass is 332 g/mol. The van der Waals surface area contributed by atoms with Crippen molar-refractivity contribution in [2.75, 3.05) is 16.8 Å². The van der Waals surface area contributed by atoms with Crippen LogP contribution in [0.4, 0.5) is 17.3 Å². The number of fused-ring (bicyclic) bond motifs is 1. The second kappa shape index (κ2) is 6.02. The molecular formula is C17H16N8. The number of nitrogens with one attached hydrogen (secondary N) is 2. The van der Waals surface area contributed by atoms with E-state index >= 15 is 0 Å². The lowest BCUT2D eigenvalue weighted by atomic mass is 9.89. The fourth-order valence-electron chi connectivity index (χ4n) is 3.05. The minimum atomic E-state index is -0.506. The molecule has 0 spiro atoms. The first-order valence-electron chi connectivity index (χ1n) is 7.52. The maximum atomic E-state index is 9.34. The van der Waals surface area contributed by atoms with Gasteiger partial charge in [-0.2, -0.15) is 10.5 Å². The third-order valence-electron chi connectivity index (χ3n) is 4.17. The molecule has 1 aromatic carbocycles. The van der Waals surface area contributed by atoms with Gasteiger partial charge in [0.1, 0.15) is 29.3 Å². The molecule has 1 aliphatic rings. The van der Waals surface area contributed by atoms with Gasteiger partial charge in [-0.05, 0) is 30.5 Å². The number of nitrogen functional groups attached to an aromatic ring is 2. The number of guanidine groups is 1. The first kappa shape index (κ1) is 16.1. The summed E-state index contributed by atoms with van der Waals surface area (Å²) in [5, 5.41) is 23.7. The van der Waals surface area contributed by atoms with Crippen molar-refractivity contribution in [3.05, 3.63) is 46.0 Å². The Bertz CT molecular complexity index is 957. The Morgan fingerprint density at radius 1 is 1.16 bits per heavy atom. The van der Waals surface area contributed by atoms with E-state index in [0.29, 0.717) is 11.4 Å². The third kappa shape index (κ3) is 2.56. The molecule has 0 amide bonds. The fourth-order valence-corrected chi connectivity index (χ4v) is 3.05. The van der Waals surface area contributed by atoms with Crippen LogP contribution in [-0.4, -0.2) is 10.9 Å². The predicted octanol–water partition coefficient (Wildman–Crippen LogP) is 1.68. The second-order valence-electron chi connectivity index (χ2n) is 5.71. The van der Waals surface area contributed by atoms with E-state index in [9.17, 15) is 5.26 Å². The van der Waals surface area contributed by atoms with Crippen molar-refractivity contribution in [1.29, 1.82) is 10.5 Å². The fraction of sp³-hybridized carbons (Fsp3) is 0.176. The molecule has 124 valence electrons. The summed E-state index contributed by atoms with van der Waals surface area (Å²) < 4.78 is 0. The largest absolute Gasteiger partial charge is 0.397 e.